The molecular weight excluding hydrogens is 222 g/mol. The van der Waals surface area contributed by atoms with Crippen LogP contribution in [0.1, 0.15) is 6.42 Å². The van der Waals surface area contributed by atoms with Crippen LogP contribution in [0.5, 0.6) is 0 Å². The van der Waals surface area contributed by atoms with Gasteiger partial charge in [-0.15, -0.1) is 0 Å². The first-order chi connectivity index (χ1) is 7.34. The summed E-state index contributed by atoms with van der Waals surface area (Å²) in [4.78, 5) is 3.51. The molecule has 1 heterocycles. The van der Waals surface area contributed by atoms with E-state index in [9.17, 15) is 0 Å². The Morgan fingerprint density at radius 2 is 2.13 bits per heavy atom. The van der Waals surface area contributed by atoms with E-state index in [4.69, 9.17) is 12.2 Å². The summed E-state index contributed by atoms with van der Waals surface area (Å²) in [6, 6.07) is 8.32. The van der Waals surface area contributed by atoms with Crippen LogP contribution in [-0.4, -0.2) is 4.86 Å². The number of nitrogens with one attached hydrogen (secondary N) is 1. The van der Waals surface area contributed by atoms with Gasteiger partial charge in [0, 0.05) is 16.2 Å². The van der Waals surface area contributed by atoms with Gasteiger partial charge in [0.2, 0.25) is 0 Å². The Morgan fingerprint density at radius 1 is 1.27 bits per heavy atom. The van der Waals surface area contributed by atoms with Crippen molar-refractivity contribution in [2.45, 2.75) is 11.3 Å². The molecule has 0 saturated carbocycles. The van der Waals surface area contributed by atoms with E-state index in [1.165, 1.54) is 15.5 Å². The second kappa shape index (κ2) is 3.51. The van der Waals surface area contributed by atoms with Crippen LogP contribution < -0.4 is 5.32 Å². The monoisotopic (exact) mass is 231 g/mol. The molecule has 1 nitrogen and oxygen atoms in total. The van der Waals surface area contributed by atoms with Crippen molar-refractivity contribution in [3.63, 3.8) is 0 Å². The first kappa shape index (κ1) is 9.19. The van der Waals surface area contributed by atoms with Gasteiger partial charge in [-0.3, -0.25) is 0 Å². The van der Waals surface area contributed by atoms with Crippen LogP contribution in [0.2, 0.25) is 0 Å². The number of hydrogen-bond acceptors (Lipinski definition) is 3. The molecule has 0 bridgehead atoms. The second-order valence-electron chi connectivity index (χ2n) is 3.50. The van der Waals surface area contributed by atoms with Crippen LogP contribution >= 0.6 is 24.0 Å². The minimum absolute atomic E-state index is 0.894. The number of thiocarbonyl (C=S) groups is 1. The second-order valence-corrected chi connectivity index (χ2v) is 5.04. The van der Waals surface area contributed by atoms with Crippen LogP contribution in [0.25, 0.3) is 0 Å². The maximum Gasteiger partial charge on any atom is 0.0534 e. The Morgan fingerprint density at radius 3 is 3.07 bits per heavy atom. The lowest BCUT2D eigenvalue weighted by atomic mass is 10.1. The lowest BCUT2D eigenvalue weighted by molar-refractivity contribution is 1.32. The van der Waals surface area contributed by atoms with Gasteiger partial charge in [-0.05, 0) is 18.2 Å². The zero-order valence-corrected chi connectivity index (χ0v) is 9.62. The maximum atomic E-state index is 5.36. The molecular formula is C12H9NS2. The molecule has 1 N–H and O–H groups in total. The smallest absolute Gasteiger partial charge is 0.0534 e. The van der Waals surface area contributed by atoms with Crippen LogP contribution in [0, 0.1) is 0 Å². The third-order valence-electron chi connectivity index (χ3n) is 2.45. The molecule has 74 valence electrons. The molecule has 15 heavy (non-hydrogen) atoms. The number of benzene rings is 1. The first-order valence-electron chi connectivity index (χ1n) is 4.82. The molecule has 3 heteroatoms. The van der Waals surface area contributed by atoms with Crippen molar-refractivity contribution in [1.29, 1.82) is 0 Å². The highest BCUT2D eigenvalue weighted by Crippen LogP contribution is 2.42. The summed E-state index contributed by atoms with van der Waals surface area (Å²) < 4.78 is 0. The molecule has 1 aromatic carbocycles. The molecule has 1 aliphatic carbocycles. The fourth-order valence-corrected chi connectivity index (χ4v) is 3.08. The summed E-state index contributed by atoms with van der Waals surface area (Å²) in [5, 5.41) is 3.41. The van der Waals surface area contributed by atoms with Gasteiger partial charge in [0.1, 0.15) is 0 Å². The van der Waals surface area contributed by atoms with Crippen molar-refractivity contribution in [2.75, 3.05) is 5.32 Å². The highest BCUT2D eigenvalue weighted by atomic mass is 32.2. The predicted octanol–water partition coefficient (Wildman–Crippen LogP) is 3.75. The summed E-state index contributed by atoms with van der Waals surface area (Å²) in [6.07, 6.45) is 5.13. The zero-order chi connectivity index (χ0) is 10.3. The summed E-state index contributed by atoms with van der Waals surface area (Å²) in [7, 11) is 0. The molecule has 2 aliphatic rings. The number of thioether (sulfide) groups is 1. The van der Waals surface area contributed by atoms with Crippen LogP contribution in [0.3, 0.4) is 0 Å². The van der Waals surface area contributed by atoms with E-state index in [1.54, 1.807) is 11.8 Å². The summed E-state index contributed by atoms with van der Waals surface area (Å²) in [5.41, 5.74) is 2.32. The van der Waals surface area contributed by atoms with Crippen molar-refractivity contribution in [2.24, 2.45) is 0 Å². The van der Waals surface area contributed by atoms with E-state index < -0.39 is 0 Å². The normalized spacial score (nSPS) is 18.3. The number of para-hydroxylation sites is 1. The van der Waals surface area contributed by atoms with Gasteiger partial charge in [-0.2, -0.15) is 0 Å². The Balaban J connectivity index is 2.08. The molecule has 1 aromatic rings. The average molecular weight is 231 g/mol. The zero-order valence-electron chi connectivity index (χ0n) is 7.99. The Labute approximate surface area is 98.3 Å². The molecule has 0 spiro atoms. The van der Waals surface area contributed by atoms with Gasteiger partial charge < -0.3 is 5.32 Å². The van der Waals surface area contributed by atoms with Gasteiger partial charge in [-0.1, -0.05) is 42.2 Å². The molecule has 0 unspecified atom stereocenters. The van der Waals surface area contributed by atoms with Crippen molar-refractivity contribution in [3.05, 3.63) is 47.0 Å². The highest BCUT2D eigenvalue weighted by molar-refractivity contribution is 8.05. The Bertz CT molecular complexity index is 500. The quantitative estimate of drug-likeness (QED) is 0.683. The third kappa shape index (κ3) is 1.52. The van der Waals surface area contributed by atoms with E-state index in [0.717, 1.165) is 17.0 Å². The van der Waals surface area contributed by atoms with E-state index >= 15 is 0 Å². The fraction of sp³-hybridized carbons (Fsp3) is 0.0833. The van der Waals surface area contributed by atoms with E-state index in [0.29, 0.717) is 0 Å². The number of allylic oxidation sites excluding steroid dienone is 3. The average Bonchev–Trinajstić information content (AvgIpc) is 2.27. The van der Waals surface area contributed by atoms with E-state index in [1.807, 2.05) is 6.07 Å². The van der Waals surface area contributed by atoms with Gasteiger partial charge in [-0.25, -0.2) is 0 Å². The Hall–Kier alpha value is -1.06. The SMILES string of the molecule is S=C1CC=CC2=C1Sc1ccccc1N2. The summed E-state index contributed by atoms with van der Waals surface area (Å²) >= 11 is 7.14. The van der Waals surface area contributed by atoms with Gasteiger partial charge in [0.15, 0.2) is 0 Å². The summed E-state index contributed by atoms with van der Waals surface area (Å²) in [6.45, 7) is 0. The topological polar surface area (TPSA) is 12.0 Å². The van der Waals surface area contributed by atoms with Crippen molar-refractivity contribution >= 4 is 34.5 Å². The number of anilines is 1. The minimum atomic E-state index is 0.894. The van der Waals surface area contributed by atoms with Crippen LogP contribution in [-0.2, 0) is 0 Å². The number of rotatable bonds is 0. The molecule has 0 saturated heterocycles. The first-order valence-corrected chi connectivity index (χ1v) is 6.05. The number of hydrogen-bond donors (Lipinski definition) is 1. The largest absolute Gasteiger partial charge is 0.354 e. The van der Waals surface area contributed by atoms with E-state index in [-0.39, 0.29) is 0 Å². The van der Waals surface area contributed by atoms with Crippen molar-refractivity contribution in [1.82, 2.24) is 0 Å². The predicted molar refractivity (Wildman–Crippen MR) is 69.3 cm³/mol. The molecule has 0 aromatic heterocycles. The van der Waals surface area contributed by atoms with Gasteiger partial charge >= 0.3 is 0 Å². The molecule has 0 radical (unpaired) electrons. The third-order valence-corrected chi connectivity index (χ3v) is 4.20. The highest BCUT2D eigenvalue weighted by Gasteiger charge is 2.21. The lowest BCUT2D eigenvalue weighted by Crippen LogP contribution is -2.13. The van der Waals surface area contributed by atoms with E-state index in [2.05, 4.69) is 35.7 Å². The molecule has 3 rings (SSSR count). The fourth-order valence-electron chi connectivity index (χ4n) is 1.73. The van der Waals surface area contributed by atoms with Crippen molar-refractivity contribution < 1.29 is 0 Å². The standard InChI is InChI=1S/C12H9NS2/c14-10-6-3-5-9-12(10)15-11-7-2-1-4-8(11)13-9/h1-5,7,13H,6H2. The summed E-state index contributed by atoms with van der Waals surface area (Å²) in [5.74, 6) is 0. The van der Waals surface area contributed by atoms with Crippen LogP contribution in [0.15, 0.2) is 51.9 Å². The van der Waals surface area contributed by atoms with Gasteiger partial charge in [0.05, 0.1) is 16.3 Å². The van der Waals surface area contributed by atoms with Crippen LogP contribution in [0.4, 0.5) is 5.69 Å². The molecule has 1 aliphatic heterocycles. The minimum Gasteiger partial charge on any atom is -0.354 e. The maximum absolute atomic E-state index is 5.36. The number of fused-ring (bicyclic) bond motifs is 1. The molecule has 0 atom stereocenters. The van der Waals surface area contributed by atoms with Gasteiger partial charge in [0.25, 0.3) is 0 Å². The molecule has 0 amide bonds. The Kier molecular flexibility index (Phi) is 2.15. The molecule has 0 fully saturated rings. The van der Waals surface area contributed by atoms with Crippen molar-refractivity contribution in [3.8, 4) is 0 Å². The lowest BCUT2D eigenvalue weighted by Gasteiger charge is -2.24.